The number of thiophene rings is 1. The SMILES string of the molecule is CCOC(=O)c1c(NC(=O)C(C)OC(=O)c2cc(C)cc(C)c2)sc2c1CCC(C)C2. The van der Waals surface area contributed by atoms with Gasteiger partial charge in [0.15, 0.2) is 6.10 Å². The van der Waals surface area contributed by atoms with Crippen LogP contribution in [-0.2, 0) is 27.1 Å². The Balaban J connectivity index is 1.77. The lowest BCUT2D eigenvalue weighted by Crippen LogP contribution is -2.30. The number of aryl methyl sites for hydroxylation is 2. The first-order valence-corrected chi connectivity index (χ1v) is 11.4. The Labute approximate surface area is 186 Å². The van der Waals surface area contributed by atoms with E-state index in [2.05, 4.69) is 12.2 Å². The fourth-order valence-corrected chi connectivity index (χ4v) is 5.25. The minimum absolute atomic E-state index is 0.261. The standard InChI is InChI=1S/C24H29NO5S/c1-6-29-24(28)20-18-8-7-13(2)12-19(18)31-22(20)25-21(26)16(5)30-23(27)17-10-14(3)9-15(4)11-17/h9-11,13,16H,6-8,12H2,1-5H3,(H,25,26). The molecule has 0 saturated carbocycles. The molecule has 6 nitrogen and oxygen atoms in total. The zero-order chi connectivity index (χ0) is 22.7. The molecule has 3 rings (SSSR count). The van der Waals surface area contributed by atoms with Gasteiger partial charge in [0.25, 0.3) is 5.91 Å². The number of ether oxygens (including phenoxy) is 2. The predicted molar refractivity (Wildman–Crippen MR) is 121 cm³/mol. The van der Waals surface area contributed by atoms with Crippen molar-refractivity contribution in [1.29, 1.82) is 0 Å². The highest BCUT2D eigenvalue weighted by Crippen LogP contribution is 2.40. The van der Waals surface area contributed by atoms with Crippen LogP contribution in [-0.4, -0.2) is 30.6 Å². The van der Waals surface area contributed by atoms with Crippen molar-refractivity contribution >= 4 is 34.2 Å². The van der Waals surface area contributed by atoms with Crippen molar-refractivity contribution in [2.45, 2.75) is 60.0 Å². The van der Waals surface area contributed by atoms with Gasteiger partial charge in [-0.3, -0.25) is 4.79 Å². The van der Waals surface area contributed by atoms with Crippen LogP contribution >= 0.6 is 11.3 Å². The van der Waals surface area contributed by atoms with Crippen LogP contribution in [0.15, 0.2) is 18.2 Å². The van der Waals surface area contributed by atoms with E-state index in [-0.39, 0.29) is 6.61 Å². The second kappa shape index (κ2) is 9.64. The van der Waals surface area contributed by atoms with E-state index in [1.807, 2.05) is 19.9 Å². The van der Waals surface area contributed by atoms with Crippen molar-refractivity contribution < 1.29 is 23.9 Å². The van der Waals surface area contributed by atoms with Gasteiger partial charge in [-0.1, -0.05) is 24.1 Å². The van der Waals surface area contributed by atoms with Gasteiger partial charge in [0.1, 0.15) is 5.00 Å². The Morgan fingerprint density at radius 3 is 2.48 bits per heavy atom. The average Bonchev–Trinajstić information content (AvgIpc) is 3.04. The fraction of sp³-hybridized carbons (Fsp3) is 0.458. The van der Waals surface area contributed by atoms with Crippen LogP contribution in [0.2, 0.25) is 0 Å². The molecule has 1 heterocycles. The minimum Gasteiger partial charge on any atom is -0.462 e. The van der Waals surface area contributed by atoms with Crippen molar-refractivity contribution in [3.8, 4) is 0 Å². The number of esters is 2. The summed E-state index contributed by atoms with van der Waals surface area (Å²) in [6.07, 6.45) is 1.64. The van der Waals surface area contributed by atoms with E-state index in [9.17, 15) is 14.4 Å². The predicted octanol–water partition coefficient (Wildman–Crippen LogP) is 4.85. The number of benzene rings is 1. The summed E-state index contributed by atoms with van der Waals surface area (Å²) in [6, 6.07) is 5.42. The summed E-state index contributed by atoms with van der Waals surface area (Å²) in [5, 5.41) is 3.27. The molecule has 0 radical (unpaired) electrons. The van der Waals surface area contributed by atoms with Gasteiger partial charge in [0.2, 0.25) is 0 Å². The maximum atomic E-state index is 12.8. The van der Waals surface area contributed by atoms with Gasteiger partial charge in [0.05, 0.1) is 17.7 Å². The molecular weight excluding hydrogens is 414 g/mol. The maximum absolute atomic E-state index is 12.8. The number of amides is 1. The average molecular weight is 444 g/mol. The van der Waals surface area contributed by atoms with E-state index in [1.54, 1.807) is 19.1 Å². The second-order valence-corrected chi connectivity index (χ2v) is 9.29. The monoisotopic (exact) mass is 443 g/mol. The molecule has 1 aliphatic carbocycles. The Hall–Kier alpha value is -2.67. The molecule has 2 atom stereocenters. The third kappa shape index (κ3) is 5.34. The lowest BCUT2D eigenvalue weighted by atomic mass is 9.88. The highest BCUT2D eigenvalue weighted by atomic mass is 32.1. The molecule has 7 heteroatoms. The fourth-order valence-electron chi connectivity index (χ4n) is 3.85. The molecule has 2 unspecified atom stereocenters. The summed E-state index contributed by atoms with van der Waals surface area (Å²) in [4.78, 5) is 39.0. The third-order valence-corrected chi connectivity index (χ3v) is 6.51. The van der Waals surface area contributed by atoms with Crippen molar-refractivity contribution in [3.63, 3.8) is 0 Å². The summed E-state index contributed by atoms with van der Waals surface area (Å²) in [5.74, 6) is -0.929. The molecule has 1 aromatic carbocycles. The number of carbonyl (C=O) groups is 3. The van der Waals surface area contributed by atoms with Crippen LogP contribution in [0, 0.1) is 19.8 Å². The van der Waals surface area contributed by atoms with Gasteiger partial charge in [0, 0.05) is 4.88 Å². The summed E-state index contributed by atoms with van der Waals surface area (Å²) in [7, 11) is 0. The summed E-state index contributed by atoms with van der Waals surface area (Å²) >= 11 is 1.41. The van der Waals surface area contributed by atoms with E-state index >= 15 is 0 Å². The number of hydrogen-bond acceptors (Lipinski definition) is 6. The van der Waals surface area contributed by atoms with Crippen LogP contribution < -0.4 is 5.32 Å². The number of rotatable bonds is 6. The number of carbonyl (C=O) groups excluding carboxylic acids is 3. The molecule has 1 aliphatic rings. The Morgan fingerprint density at radius 2 is 1.84 bits per heavy atom. The molecule has 1 amide bonds. The van der Waals surface area contributed by atoms with Crippen molar-refractivity contribution in [2.24, 2.45) is 5.92 Å². The summed E-state index contributed by atoms with van der Waals surface area (Å²) in [6.45, 7) is 9.52. The quantitative estimate of drug-likeness (QED) is 0.646. The Kier molecular flexibility index (Phi) is 7.15. The lowest BCUT2D eigenvalue weighted by molar-refractivity contribution is -0.123. The molecule has 1 aromatic heterocycles. The van der Waals surface area contributed by atoms with Crippen LogP contribution in [0.3, 0.4) is 0 Å². The number of hydrogen-bond donors (Lipinski definition) is 1. The smallest absolute Gasteiger partial charge is 0.341 e. The molecule has 0 bridgehead atoms. The van der Waals surface area contributed by atoms with Gasteiger partial charge in [-0.05, 0) is 70.6 Å². The molecular formula is C24H29NO5S. The first-order chi connectivity index (χ1) is 14.7. The van der Waals surface area contributed by atoms with Gasteiger partial charge in [-0.25, -0.2) is 9.59 Å². The third-order valence-electron chi connectivity index (χ3n) is 5.34. The summed E-state index contributed by atoms with van der Waals surface area (Å²) < 4.78 is 10.6. The molecule has 1 N–H and O–H groups in total. The first kappa shape index (κ1) is 23.0. The zero-order valence-corrected chi connectivity index (χ0v) is 19.5. The topological polar surface area (TPSA) is 81.7 Å². The molecule has 166 valence electrons. The summed E-state index contributed by atoms with van der Waals surface area (Å²) in [5.41, 5.74) is 3.71. The number of nitrogens with one attached hydrogen (secondary N) is 1. The normalized spacial score (nSPS) is 16.2. The minimum atomic E-state index is -1.01. The van der Waals surface area contributed by atoms with Gasteiger partial charge in [-0.15, -0.1) is 11.3 Å². The van der Waals surface area contributed by atoms with E-state index in [0.29, 0.717) is 22.0 Å². The van der Waals surface area contributed by atoms with Crippen LogP contribution in [0.25, 0.3) is 0 Å². The maximum Gasteiger partial charge on any atom is 0.341 e. The van der Waals surface area contributed by atoms with Crippen LogP contribution in [0.1, 0.15) is 69.5 Å². The van der Waals surface area contributed by atoms with E-state index in [1.165, 1.54) is 18.3 Å². The van der Waals surface area contributed by atoms with E-state index in [0.717, 1.165) is 40.8 Å². The van der Waals surface area contributed by atoms with Crippen molar-refractivity contribution in [3.05, 3.63) is 50.9 Å². The zero-order valence-electron chi connectivity index (χ0n) is 18.7. The molecule has 0 fully saturated rings. The van der Waals surface area contributed by atoms with E-state index in [4.69, 9.17) is 9.47 Å². The van der Waals surface area contributed by atoms with E-state index < -0.39 is 23.9 Å². The lowest BCUT2D eigenvalue weighted by Gasteiger charge is -2.18. The van der Waals surface area contributed by atoms with Gasteiger partial charge >= 0.3 is 11.9 Å². The molecule has 2 aromatic rings. The van der Waals surface area contributed by atoms with Crippen LogP contribution in [0.4, 0.5) is 5.00 Å². The molecule has 0 saturated heterocycles. The largest absolute Gasteiger partial charge is 0.462 e. The van der Waals surface area contributed by atoms with Crippen LogP contribution in [0.5, 0.6) is 0 Å². The highest BCUT2D eigenvalue weighted by molar-refractivity contribution is 7.17. The molecule has 31 heavy (non-hydrogen) atoms. The Bertz CT molecular complexity index is 989. The molecule has 0 aliphatic heterocycles. The second-order valence-electron chi connectivity index (χ2n) is 8.19. The first-order valence-electron chi connectivity index (χ1n) is 10.6. The number of anilines is 1. The van der Waals surface area contributed by atoms with Gasteiger partial charge in [-0.2, -0.15) is 0 Å². The highest BCUT2D eigenvalue weighted by Gasteiger charge is 2.30. The molecule has 0 spiro atoms. The van der Waals surface area contributed by atoms with Crippen molar-refractivity contribution in [1.82, 2.24) is 0 Å². The van der Waals surface area contributed by atoms with Gasteiger partial charge < -0.3 is 14.8 Å². The number of fused-ring (bicyclic) bond motifs is 1. The van der Waals surface area contributed by atoms with Crippen molar-refractivity contribution in [2.75, 3.05) is 11.9 Å². The Morgan fingerprint density at radius 1 is 1.16 bits per heavy atom.